The number of nitrogens with zero attached hydrogens (tertiary/aromatic N) is 4. The summed E-state index contributed by atoms with van der Waals surface area (Å²) < 4.78 is 12.5. The van der Waals surface area contributed by atoms with Crippen molar-refractivity contribution in [2.45, 2.75) is 63.4 Å². The minimum absolute atomic E-state index is 0.0470. The second kappa shape index (κ2) is 7.58. The number of aromatic nitrogens is 2. The maximum absolute atomic E-state index is 12.1. The summed E-state index contributed by atoms with van der Waals surface area (Å²) in [5, 5.41) is 23.8. The molecular weight excluding hydrogens is 374 g/mol. The van der Waals surface area contributed by atoms with Crippen LogP contribution in [0, 0.1) is 0 Å². The highest BCUT2D eigenvalue weighted by Gasteiger charge is 2.46. The van der Waals surface area contributed by atoms with E-state index in [2.05, 4.69) is 30.8 Å². The van der Waals surface area contributed by atoms with E-state index in [9.17, 15) is 19.8 Å². The molecule has 0 unspecified atom stereocenters. The Hall–Kier alpha value is -1.95. The Bertz CT molecular complexity index is 853. The number of H-pyrrole nitrogens is 1. The van der Waals surface area contributed by atoms with Gasteiger partial charge in [0.1, 0.15) is 24.0 Å². The number of ether oxygens (including phenoxy) is 1. The second-order valence-electron chi connectivity index (χ2n) is 7.99. The van der Waals surface area contributed by atoms with E-state index in [0.29, 0.717) is 0 Å². The molecule has 2 heterocycles. The van der Waals surface area contributed by atoms with Crippen molar-refractivity contribution in [3.63, 3.8) is 0 Å². The van der Waals surface area contributed by atoms with E-state index in [1.807, 2.05) is 18.1 Å². The van der Waals surface area contributed by atoms with Gasteiger partial charge < -0.3 is 19.4 Å². The first-order chi connectivity index (χ1) is 12.4. The Balaban J connectivity index is 2.25. The van der Waals surface area contributed by atoms with Crippen molar-refractivity contribution in [2.24, 2.45) is 5.11 Å². The van der Waals surface area contributed by atoms with E-state index < -0.39 is 44.1 Å². The van der Waals surface area contributed by atoms with Gasteiger partial charge in [-0.15, -0.1) is 0 Å². The quantitative estimate of drug-likeness (QED) is 0.291. The molecule has 0 radical (unpaired) electrons. The zero-order valence-corrected chi connectivity index (χ0v) is 16.9. The SMILES string of the molecule is CC(C)(C)[Si](C)(C)OC[C@H]1O[C@@H](n2cc(N=[N+]=[N-])c(=O)[nH]c2=O)[C@H](O)[C@@H]1O. The monoisotopic (exact) mass is 399 g/mol. The lowest BCUT2D eigenvalue weighted by Gasteiger charge is -2.37. The zero-order chi connectivity index (χ0) is 20.6. The molecule has 0 aliphatic carbocycles. The Kier molecular flexibility index (Phi) is 5.99. The van der Waals surface area contributed by atoms with Gasteiger partial charge in [0.05, 0.1) is 6.61 Å². The average Bonchev–Trinajstić information content (AvgIpc) is 2.83. The van der Waals surface area contributed by atoms with Crippen molar-refractivity contribution in [1.82, 2.24) is 9.55 Å². The smallest absolute Gasteiger partial charge is 0.330 e. The Morgan fingerprint density at radius 1 is 1.37 bits per heavy atom. The molecule has 0 aromatic carbocycles. The van der Waals surface area contributed by atoms with E-state index in [4.69, 9.17) is 14.7 Å². The van der Waals surface area contributed by atoms with Crippen molar-refractivity contribution in [3.05, 3.63) is 37.5 Å². The number of aliphatic hydroxyl groups excluding tert-OH is 2. The van der Waals surface area contributed by atoms with E-state index in [1.165, 1.54) is 0 Å². The number of aliphatic hydroxyl groups is 2. The summed E-state index contributed by atoms with van der Waals surface area (Å²) in [4.78, 5) is 28.2. The largest absolute Gasteiger partial charge is 0.414 e. The molecule has 1 aliphatic heterocycles. The van der Waals surface area contributed by atoms with Crippen LogP contribution < -0.4 is 11.2 Å². The van der Waals surface area contributed by atoms with Crippen LogP contribution in [0.1, 0.15) is 27.0 Å². The molecule has 1 aliphatic rings. The molecule has 1 aromatic rings. The van der Waals surface area contributed by atoms with Crippen molar-refractivity contribution in [3.8, 4) is 0 Å². The average molecular weight is 399 g/mol. The van der Waals surface area contributed by atoms with Gasteiger partial charge in [-0.3, -0.25) is 14.3 Å². The molecule has 12 heteroatoms. The van der Waals surface area contributed by atoms with Crippen molar-refractivity contribution >= 4 is 14.0 Å². The number of nitrogens with one attached hydrogen (secondary N) is 1. The van der Waals surface area contributed by atoms with E-state index in [1.54, 1.807) is 0 Å². The fourth-order valence-corrected chi connectivity index (χ4v) is 3.40. The predicted molar refractivity (Wildman–Crippen MR) is 99.2 cm³/mol. The molecule has 0 amide bonds. The molecule has 11 nitrogen and oxygen atoms in total. The summed E-state index contributed by atoms with van der Waals surface area (Å²) >= 11 is 0. The first-order valence-electron chi connectivity index (χ1n) is 8.45. The molecular formula is C15H25N5O6Si. The van der Waals surface area contributed by atoms with Crippen LogP contribution >= 0.6 is 0 Å². The van der Waals surface area contributed by atoms with Gasteiger partial charge in [-0.25, -0.2) is 4.79 Å². The molecule has 150 valence electrons. The number of aromatic amines is 1. The van der Waals surface area contributed by atoms with Gasteiger partial charge in [0.2, 0.25) is 0 Å². The summed E-state index contributed by atoms with van der Waals surface area (Å²) in [5.74, 6) is 0. The second-order valence-corrected chi connectivity index (χ2v) is 12.8. The van der Waals surface area contributed by atoms with Crippen LogP contribution in [0.4, 0.5) is 5.69 Å². The van der Waals surface area contributed by atoms with Crippen LogP contribution in [-0.2, 0) is 9.16 Å². The maximum atomic E-state index is 12.1. The molecule has 2 rings (SSSR count). The van der Waals surface area contributed by atoms with Gasteiger partial charge in [-0.1, -0.05) is 25.9 Å². The molecule has 1 aromatic heterocycles. The van der Waals surface area contributed by atoms with Crippen LogP contribution in [0.25, 0.3) is 10.4 Å². The minimum Gasteiger partial charge on any atom is -0.414 e. The standard InChI is InChI=1S/C15H25N5O6Si/c1-15(2,3)27(4,5)25-7-9-10(21)11(22)13(26-9)20-6-8(18-19-16)12(23)17-14(20)24/h6,9-11,13,21-22H,7H2,1-5H3,(H,17,23,24)/t9-,10-,11-,13-/m1/s1. The topological polar surface area (TPSA) is 163 Å². The zero-order valence-electron chi connectivity index (χ0n) is 15.9. The summed E-state index contributed by atoms with van der Waals surface area (Å²) in [6.45, 7) is 10.3. The van der Waals surface area contributed by atoms with Crippen LogP contribution in [0.3, 0.4) is 0 Å². The Morgan fingerprint density at radius 3 is 2.56 bits per heavy atom. The van der Waals surface area contributed by atoms with Crippen LogP contribution in [0.2, 0.25) is 18.1 Å². The van der Waals surface area contributed by atoms with Gasteiger partial charge in [0.15, 0.2) is 14.5 Å². The molecule has 27 heavy (non-hydrogen) atoms. The van der Waals surface area contributed by atoms with Crippen molar-refractivity contribution in [2.75, 3.05) is 6.61 Å². The maximum Gasteiger partial charge on any atom is 0.330 e. The summed E-state index contributed by atoms with van der Waals surface area (Å²) in [6.07, 6.45) is -3.86. The van der Waals surface area contributed by atoms with Crippen LogP contribution in [0.5, 0.6) is 0 Å². The molecule has 0 spiro atoms. The number of hydrogen-bond acceptors (Lipinski definition) is 7. The van der Waals surface area contributed by atoms with Crippen molar-refractivity contribution in [1.29, 1.82) is 0 Å². The molecule has 1 fully saturated rings. The van der Waals surface area contributed by atoms with E-state index >= 15 is 0 Å². The van der Waals surface area contributed by atoms with E-state index in [-0.39, 0.29) is 17.3 Å². The first kappa shape index (κ1) is 21.3. The lowest BCUT2D eigenvalue weighted by Crippen LogP contribution is -2.44. The fraction of sp³-hybridized carbons (Fsp3) is 0.733. The van der Waals surface area contributed by atoms with Crippen LogP contribution in [-0.4, -0.2) is 53.0 Å². The third kappa shape index (κ3) is 4.31. The third-order valence-electron chi connectivity index (χ3n) is 5.13. The molecule has 4 atom stereocenters. The summed E-state index contributed by atoms with van der Waals surface area (Å²) in [6, 6.07) is 0. The number of hydrogen-bond donors (Lipinski definition) is 3. The molecule has 3 N–H and O–H groups in total. The first-order valence-corrected chi connectivity index (χ1v) is 11.4. The number of rotatable bonds is 5. The highest BCUT2D eigenvalue weighted by Crippen LogP contribution is 2.37. The van der Waals surface area contributed by atoms with Gasteiger partial charge >= 0.3 is 5.69 Å². The summed E-state index contributed by atoms with van der Waals surface area (Å²) in [5.41, 5.74) is 6.42. The van der Waals surface area contributed by atoms with E-state index in [0.717, 1.165) is 10.8 Å². The van der Waals surface area contributed by atoms with Gasteiger partial charge in [-0.05, 0) is 23.7 Å². The lowest BCUT2D eigenvalue weighted by molar-refractivity contribution is -0.0530. The Morgan fingerprint density at radius 2 is 2.00 bits per heavy atom. The van der Waals surface area contributed by atoms with Crippen molar-refractivity contribution < 1.29 is 19.4 Å². The molecule has 0 saturated carbocycles. The third-order valence-corrected chi connectivity index (χ3v) is 9.63. The highest BCUT2D eigenvalue weighted by atomic mass is 28.4. The Labute approximate surface area is 156 Å². The van der Waals surface area contributed by atoms with Gasteiger partial charge in [0.25, 0.3) is 5.56 Å². The van der Waals surface area contributed by atoms with Gasteiger partial charge in [0, 0.05) is 11.1 Å². The van der Waals surface area contributed by atoms with Crippen LogP contribution in [0.15, 0.2) is 20.9 Å². The lowest BCUT2D eigenvalue weighted by atomic mass is 10.1. The summed E-state index contributed by atoms with van der Waals surface area (Å²) in [7, 11) is -2.11. The molecule has 1 saturated heterocycles. The predicted octanol–water partition coefficient (Wildman–Crippen LogP) is 1.12. The van der Waals surface area contributed by atoms with Gasteiger partial charge in [-0.2, -0.15) is 0 Å². The fourth-order valence-electron chi connectivity index (χ4n) is 2.39. The number of azide groups is 1. The highest BCUT2D eigenvalue weighted by molar-refractivity contribution is 6.74. The molecule has 0 bridgehead atoms. The normalized spacial score (nSPS) is 26.0. The minimum atomic E-state index is -2.11.